The van der Waals surface area contributed by atoms with Gasteiger partial charge in [0.05, 0.1) is 11.3 Å². The minimum Gasteiger partial charge on any atom is -0.382 e. The van der Waals surface area contributed by atoms with Crippen LogP contribution in [0.25, 0.3) is 0 Å². The van der Waals surface area contributed by atoms with Gasteiger partial charge in [-0.25, -0.2) is 8.78 Å². The number of nitrogens with zero attached hydrogens (tertiary/aromatic N) is 1. The normalized spacial score (nSPS) is 22.8. The van der Waals surface area contributed by atoms with Gasteiger partial charge in [-0.15, -0.1) is 0 Å². The van der Waals surface area contributed by atoms with Crippen molar-refractivity contribution in [2.75, 3.05) is 11.9 Å². The fourth-order valence-corrected chi connectivity index (χ4v) is 2.54. The number of hydrogen-bond donors (Lipinski definition) is 1. The lowest BCUT2D eigenvalue weighted by Crippen LogP contribution is -2.17. The highest BCUT2D eigenvalue weighted by Crippen LogP contribution is 2.31. The summed E-state index contributed by atoms with van der Waals surface area (Å²) in [5, 5.41) is 11.5. The third-order valence-corrected chi connectivity index (χ3v) is 3.80. The average Bonchev–Trinajstić information content (AvgIpc) is 2.77. The molecule has 0 spiro atoms. The van der Waals surface area contributed by atoms with Gasteiger partial charge in [-0.1, -0.05) is 19.8 Å². The molecule has 1 aliphatic rings. The zero-order valence-electron chi connectivity index (χ0n) is 10.3. The van der Waals surface area contributed by atoms with E-state index in [1.54, 1.807) is 6.07 Å². The second-order valence-corrected chi connectivity index (χ2v) is 4.95. The molecule has 1 aromatic carbocycles. The number of nitriles is 1. The molecule has 1 aliphatic carbocycles. The van der Waals surface area contributed by atoms with Crippen molar-refractivity contribution in [2.45, 2.75) is 26.2 Å². The predicted octanol–water partition coefficient (Wildman–Crippen LogP) is 3.68. The number of hydrogen-bond acceptors (Lipinski definition) is 2. The summed E-state index contributed by atoms with van der Waals surface area (Å²) in [6, 6.07) is 4.36. The quantitative estimate of drug-likeness (QED) is 0.888. The molecule has 2 rings (SSSR count). The van der Waals surface area contributed by atoms with Crippen LogP contribution in [0.2, 0.25) is 0 Å². The summed E-state index contributed by atoms with van der Waals surface area (Å²) in [6.07, 6.45) is 3.54. The summed E-state index contributed by atoms with van der Waals surface area (Å²) in [5.74, 6) is -0.881. The van der Waals surface area contributed by atoms with Crippen molar-refractivity contribution < 1.29 is 8.78 Å². The zero-order chi connectivity index (χ0) is 13.1. The highest BCUT2D eigenvalue weighted by molar-refractivity contribution is 5.49. The SMILES string of the molecule is CC1CCCC1CNc1ccc(C#N)c(F)c1F. The summed E-state index contributed by atoms with van der Waals surface area (Å²) < 4.78 is 27.0. The van der Waals surface area contributed by atoms with E-state index in [-0.39, 0.29) is 11.3 Å². The van der Waals surface area contributed by atoms with Crippen LogP contribution in [0, 0.1) is 34.8 Å². The van der Waals surface area contributed by atoms with Crippen LogP contribution in [0.4, 0.5) is 14.5 Å². The molecule has 0 saturated heterocycles. The summed E-state index contributed by atoms with van der Waals surface area (Å²) in [4.78, 5) is 0. The molecule has 96 valence electrons. The van der Waals surface area contributed by atoms with Crippen molar-refractivity contribution in [2.24, 2.45) is 11.8 Å². The highest BCUT2D eigenvalue weighted by Gasteiger charge is 2.23. The summed E-state index contributed by atoms with van der Waals surface area (Å²) in [7, 11) is 0. The van der Waals surface area contributed by atoms with Gasteiger partial charge in [0.15, 0.2) is 11.6 Å². The maximum atomic E-state index is 13.6. The number of anilines is 1. The van der Waals surface area contributed by atoms with Crippen LogP contribution in [-0.2, 0) is 0 Å². The molecule has 2 atom stereocenters. The van der Waals surface area contributed by atoms with E-state index in [1.807, 2.05) is 0 Å². The van der Waals surface area contributed by atoms with Crippen LogP contribution < -0.4 is 5.32 Å². The van der Waals surface area contributed by atoms with Gasteiger partial charge < -0.3 is 5.32 Å². The second kappa shape index (κ2) is 5.34. The fourth-order valence-electron chi connectivity index (χ4n) is 2.54. The maximum Gasteiger partial charge on any atom is 0.183 e. The first-order valence-electron chi connectivity index (χ1n) is 6.25. The fraction of sp³-hybridized carbons (Fsp3) is 0.500. The Bertz CT molecular complexity index is 479. The van der Waals surface area contributed by atoms with E-state index in [9.17, 15) is 8.78 Å². The number of halogens is 2. The predicted molar refractivity (Wildman–Crippen MR) is 66.1 cm³/mol. The van der Waals surface area contributed by atoms with Crippen molar-refractivity contribution in [3.05, 3.63) is 29.3 Å². The Morgan fingerprint density at radius 3 is 2.72 bits per heavy atom. The monoisotopic (exact) mass is 250 g/mol. The molecule has 1 N–H and O–H groups in total. The van der Waals surface area contributed by atoms with Gasteiger partial charge in [0, 0.05) is 6.54 Å². The Morgan fingerprint density at radius 1 is 1.33 bits per heavy atom. The standard InChI is InChI=1S/C14H16F2N2/c1-9-3-2-4-11(9)8-18-12-6-5-10(7-17)13(15)14(12)16/h5-6,9,11,18H,2-4,8H2,1H3. The second-order valence-electron chi connectivity index (χ2n) is 4.95. The highest BCUT2D eigenvalue weighted by atomic mass is 19.2. The van der Waals surface area contributed by atoms with Crippen LogP contribution in [-0.4, -0.2) is 6.54 Å². The maximum absolute atomic E-state index is 13.6. The van der Waals surface area contributed by atoms with Gasteiger partial charge in [0.1, 0.15) is 6.07 Å². The zero-order valence-corrected chi connectivity index (χ0v) is 10.3. The number of rotatable bonds is 3. The van der Waals surface area contributed by atoms with E-state index in [0.29, 0.717) is 18.4 Å². The Hall–Kier alpha value is -1.63. The lowest BCUT2D eigenvalue weighted by molar-refractivity contribution is 0.438. The molecule has 0 bridgehead atoms. The van der Waals surface area contributed by atoms with Crippen molar-refractivity contribution in [1.29, 1.82) is 5.26 Å². The third kappa shape index (κ3) is 2.45. The molecule has 1 fully saturated rings. The lowest BCUT2D eigenvalue weighted by Gasteiger charge is -2.17. The molecule has 0 amide bonds. The van der Waals surface area contributed by atoms with Crippen LogP contribution in [0.5, 0.6) is 0 Å². The van der Waals surface area contributed by atoms with Gasteiger partial charge in [-0.05, 0) is 30.4 Å². The summed E-state index contributed by atoms with van der Waals surface area (Å²) >= 11 is 0. The smallest absolute Gasteiger partial charge is 0.183 e. The molecule has 0 radical (unpaired) electrons. The van der Waals surface area contributed by atoms with Gasteiger partial charge in [0.2, 0.25) is 0 Å². The molecule has 2 unspecified atom stereocenters. The number of nitrogens with one attached hydrogen (secondary N) is 1. The summed E-state index contributed by atoms with van der Waals surface area (Å²) in [5.41, 5.74) is -0.113. The van der Waals surface area contributed by atoms with E-state index in [4.69, 9.17) is 5.26 Å². The molecule has 1 aromatic rings. The molecule has 0 aromatic heterocycles. The topological polar surface area (TPSA) is 35.8 Å². The van der Waals surface area contributed by atoms with E-state index in [1.165, 1.54) is 25.0 Å². The first-order chi connectivity index (χ1) is 8.63. The van der Waals surface area contributed by atoms with Crippen LogP contribution in [0.1, 0.15) is 31.7 Å². The van der Waals surface area contributed by atoms with Crippen molar-refractivity contribution >= 4 is 5.69 Å². The van der Waals surface area contributed by atoms with Crippen molar-refractivity contribution in [3.63, 3.8) is 0 Å². The number of benzene rings is 1. The van der Waals surface area contributed by atoms with Gasteiger partial charge in [0.25, 0.3) is 0 Å². The van der Waals surface area contributed by atoms with E-state index in [2.05, 4.69) is 12.2 Å². The Morgan fingerprint density at radius 2 is 2.11 bits per heavy atom. The molecule has 4 heteroatoms. The molecule has 1 saturated carbocycles. The minimum atomic E-state index is -1.07. The van der Waals surface area contributed by atoms with Crippen LogP contribution >= 0.6 is 0 Å². The van der Waals surface area contributed by atoms with Gasteiger partial charge >= 0.3 is 0 Å². The minimum absolute atomic E-state index is 0.144. The molecular weight excluding hydrogens is 234 g/mol. The lowest BCUT2D eigenvalue weighted by atomic mass is 9.98. The Kier molecular flexibility index (Phi) is 3.81. The largest absolute Gasteiger partial charge is 0.382 e. The van der Waals surface area contributed by atoms with Crippen molar-refractivity contribution in [1.82, 2.24) is 0 Å². The van der Waals surface area contributed by atoms with Crippen LogP contribution in [0.15, 0.2) is 12.1 Å². The Balaban J connectivity index is 2.06. The summed E-state index contributed by atoms with van der Waals surface area (Å²) in [6.45, 7) is 2.85. The van der Waals surface area contributed by atoms with E-state index >= 15 is 0 Å². The average molecular weight is 250 g/mol. The van der Waals surface area contributed by atoms with E-state index < -0.39 is 11.6 Å². The van der Waals surface area contributed by atoms with Crippen molar-refractivity contribution in [3.8, 4) is 6.07 Å². The molecule has 2 nitrogen and oxygen atoms in total. The Labute approximate surface area is 106 Å². The van der Waals surface area contributed by atoms with Gasteiger partial charge in [-0.3, -0.25) is 0 Å². The molecule has 0 heterocycles. The molecular formula is C14H16F2N2. The third-order valence-electron chi connectivity index (χ3n) is 3.80. The first kappa shape index (κ1) is 12.8. The van der Waals surface area contributed by atoms with Gasteiger partial charge in [-0.2, -0.15) is 5.26 Å². The molecule has 18 heavy (non-hydrogen) atoms. The molecule has 0 aliphatic heterocycles. The first-order valence-corrected chi connectivity index (χ1v) is 6.25. The van der Waals surface area contributed by atoms with E-state index in [0.717, 1.165) is 6.42 Å². The van der Waals surface area contributed by atoms with Crippen LogP contribution in [0.3, 0.4) is 0 Å².